The van der Waals surface area contributed by atoms with Crippen molar-refractivity contribution in [3.63, 3.8) is 0 Å². The first-order valence-corrected chi connectivity index (χ1v) is 6.26. The highest BCUT2D eigenvalue weighted by Crippen LogP contribution is 2.57. The van der Waals surface area contributed by atoms with Crippen molar-refractivity contribution in [2.75, 3.05) is 13.7 Å². The van der Waals surface area contributed by atoms with E-state index in [1.54, 1.807) is 6.07 Å². The van der Waals surface area contributed by atoms with Crippen LogP contribution in [0.25, 0.3) is 0 Å². The molecule has 0 radical (unpaired) electrons. The minimum Gasteiger partial charge on any atom is -0.469 e. The first-order valence-electron chi connectivity index (χ1n) is 6.26. The second-order valence-corrected chi connectivity index (χ2v) is 5.29. The van der Waals surface area contributed by atoms with E-state index in [1.165, 1.54) is 13.2 Å². The van der Waals surface area contributed by atoms with E-state index in [-0.39, 0.29) is 12.7 Å². The second-order valence-electron chi connectivity index (χ2n) is 5.29. The van der Waals surface area contributed by atoms with E-state index >= 15 is 0 Å². The molecular formula is C14H13F3O3. The number of alkyl halides is 3. The molecule has 20 heavy (non-hydrogen) atoms. The van der Waals surface area contributed by atoms with Gasteiger partial charge in [-0.2, -0.15) is 13.2 Å². The maximum Gasteiger partial charge on any atom is 0.416 e. The Bertz CT molecular complexity index is 551. The van der Waals surface area contributed by atoms with Crippen LogP contribution < -0.4 is 0 Å². The normalized spacial score (nSPS) is 31.8. The Balaban J connectivity index is 1.99. The van der Waals surface area contributed by atoms with Gasteiger partial charge in [0.2, 0.25) is 0 Å². The highest BCUT2D eigenvalue weighted by atomic mass is 19.4. The minimum atomic E-state index is -4.39. The number of methoxy groups -OCH3 is 1. The topological polar surface area (TPSA) is 35.5 Å². The molecule has 3 nitrogen and oxygen atoms in total. The van der Waals surface area contributed by atoms with Gasteiger partial charge in [0, 0.05) is 5.41 Å². The molecule has 1 aromatic rings. The number of fused-ring (bicyclic) bond motifs is 1. The molecule has 1 saturated carbocycles. The van der Waals surface area contributed by atoms with E-state index < -0.39 is 29.0 Å². The lowest BCUT2D eigenvalue weighted by Gasteiger charge is -2.43. The molecule has 3 aliphatic rings. The van der Waals surface area contributed by atoms with Crippen LogP contribution >= 0.6 is 0 Å². The average molecular weight is 286 g/mol. The summed E-state index contributed by atoms with van der Waals surface area (Å²) in [6, 6.07) is 5.13. The molecule has 4 rings (SSSR count). The van der Waals surface area contributed by atoms with Gasteiger partial charge in [-0.15, -0.1) is 0 Å². The van der Waals surface area contributed by atoms with Crippen molar-refractivity contribution >= 4 is 5.97 Å². The second kappa shape index (κ2) is 4.22. The lowest BCUT2D eigenvalue weighted by atomic mass is 9.57. The van der Waals surface area contributed by atoms with Crippen molar-refractivity contribution in [3.8, 4) is 0 Å². The molecule has 0 spiro atoms. The van der Waals surface area contributed by atoms with Crippen molar-refractivity contribution in [2.24, 2.45) is 5.92 Å². The molecule has 108 valence electrons. The lowest BCUT2D eigenvalue weighted by Crippen LogP contribution is -2.53. The van der Waals surface area contributed by atoms with Crippen LogP contribution in [-0.2, 0) is 25.9 Å². The van der Waals surface area contributed by atoms with Crippen LogP contribution in [-0.4, -0.2) is 25.8 Å². The Morgan fingerprint density at radius 1 is 1.45 bits per heavy atom. The molecule has 3 fully saturated rings. The van der Waals surface area contributed by atoms with Crippen molar-refractivity contribution in [3.05, 3.63) is 35.4 Å². The molecule has 0 N–H and O–H groups in total. The first kappa shape index (κ1) is 13.4. The number of ether oxygens (including phenoxy) is 2. The third-order valence-electron chi connectivity index (χ3n) is 4.31. The highest BCUT2D eigenvalue weighted by molar-refractivity contribution is 5.78. The summed E-state index contributed by atoms with van der Waals surface area (Å²) in [5.74, 6) is -0.924. The number of benzene rings is 1. The molecule has 0 aromatic heterocycles. The van der Waals surface area contributed by atoms with Crippen LogP contribution in [0.2, 0.25) is 0 Å². The van der Waals surface area contributed by atoms with Gasteiger partial charge >= 0.3 is 12.1 Å². The van der Waals surface area contributed by atoms with Crippen molar-refractivity contribution in [1.29, 1.82) is 0 Å². The van der Waals surface area contributed by atoms with Crippen LogP contribution in [0.1, 0.15) is 17.5 Å². The summed E-state index contributed by atoms with van der Waals surface area (Å²) in [6.45, 7) is 0.263. The fraction of sp³-hybridized carbons (Fsp3) is 0.500. The molecule has 2 saturated heterocycles. The fourth-order valence-corrected chi connectivity index (χ4v) is 3.25. The Morgan fingerprint density at radius 3 is 2.80 bits per heavy atom. The highest BCUT2D eigenvalue weighted by Gasteiger charge is 2.65. The van der Waals surface area contributed by atoms with E-state index in [2.05, 4.69) is 0 Å². The summed E-state index contributed by atoms with van der Waals surface area (Å²) in [5, 5.41) is 0. The summed E-state index contributed by atoms with van der Waals surface area (Å²) in [4.78, 5) is 11.8. The van der Waals surface area contributed by atoms with Gasteiger partial charge in [-0.05, 0) is 18.1 Å². The molecular weight excluding hydrogens is 273 g/mol. The van der Waals surface area contributed by atoms with Gasteiger partial charge in [0.25, 0.3) is 0 Å². The van der Waals surface area contributed by atoms with E-state index in [4.69, 9.17) is 9.47 Å². The van der Waals surface area contributed by atoms with Crippen LogP contribution in [0.4, 0.5) is 13.2 Å². The van der Waals surface area contributed by atoms with Gasteiger partial charge in [-0.1, -0.05) is 18.2 Å². The molecule has 3 atom stereocenters. The molecule has 6 heteroatoms. The number of rotatable bonds is 2. The van der Waals surface area contributed by atoms with Gasteiger partial charge in [0.05, 0.1) is 31.3 Å². The Labute approximate surface area is 113 Å². The molecule has 0 amide bonds. The van der Waals surface area contributed by atoms with Gasteiger partial charge in [-0.3, -0.25) is 4.79 Å². The van der Waals surface area contributed by atoms with Crippen LogP contribution in [0, 0.1) is 5.92 Å². The van der Waals surface area contributed by atoms with Crippen molar-refractivity contribution in [1.82, 2.24) is 0 Å². The van der Waals surface area contributed by atoms with E-state index in [1.807, 2.05) is 0 Å². The summed E-state index contributed by atoms with van der Waals surface area (Å²) in [7, 11) is 1.28. The number of carbonyl (C=O) groups is 1. The maximum atomic E-state index is 12.8. The summed E-state index contributed by atoms with van der Waals surface area (Å²) < 4.78 is 48.6. The standard InChI is InChI=1S/C14H13F3O3/c1-19-12(18)11-10-6-13(11,7-20-10)8-3-2-4-9(5-8)14(15,16)17/h2-5,10-11H,6-7H2,1H3. The van der Waals surface area contributed by atoms with Crippen LogP contribution in [0.5, 0.6) is 0 Å². The van der Waals surface area contributed by atoms with Crippen molar-refractivity contribution in [2.45, 2.75) is 24.1 Å². The third-order valence-corrected chi connectivity index (χ3v) is 4.31. The number of carbonyl (C=O) groups excluding carboxylic acids is 1. The SMILES string of the molecule is COC(=O)C1C2CC1(c1cccc(C(F)(F)F)c1)CO2. The average Bonchev–Trinajstić information content (AvgIpc) is 2.97. The van der Waals surface area contributed by atoms with Crippen LogP contribution in [0.3, 0.4) is 0 Å². The number of hydrogen-bond donors (Lipinski definition) is 0. The smallest absolute Gasteiger partial charge is 0.416 e. The third kappa shape index (κ3) is 1.74. The molecule has 1 aliphatic carbocycles. The van der Waals surface area contributed by atoms with E-state index in [0.717, 1.165) is 12.1 Å². The number of hydrogen-bond acceptors (Lipinski definition) is 3. The predicted octanol–water partition coefficient (Wildman–Crippen LogP) is 2.53. The molecule has 2 bridgehead atoms. The molecule has 2 aliphatic heterocycles. The fourth-order valence-electron chi connectivity index (χ4n) is 3.25. The zero-order valence-corrected chi connectivity index (χ0v) is 10.7. The number of halogens is 3. The monoisotopic (exact) mass is 286 g/mol. The lowest BCUT2D eigenvalue weighted by molar-refractivity contribution is -0.154. The summed E-state index contributed by atoms with van der Waals surface area (Å²) >= 11 is 0. The van der Waals surface area contributed by atoms with Crippen molar-refractivity contribution < 1.29 is 27.4 Å². The first-order chi connectivity index (χ1) is 9.38. The van der Waals surface area contributed by atoms with Gasteiger partial charge < -0.3 is 9.47 Å². The number of esters is 1. The Hall–Kier alpha value is -1.56. The maximum absolute atomic E-state index is 12.8. The Morgan fingerprint density at radius 2 is 2.20 bits per heavy atom. The molecule has 3 unspecified atom stereocenters. The van der Waals surface area contributed by atoms with Gasteiger partial charge in [-0.25, -0.2) is 0 Å². The van der Waals surface area contributed by atoms with Gasteiger partial charge in [0.1, 0.15) is 0 Å². The molecule has 2 heterocycles. The molecule has 1 aromatic carbocycles. The van der Waals surface area contributed by atoms with Crippen LogP contribution in [0.15, 0.2) is 24.3 Å². The minimum absolute atomic E-state index is 0.239. The largest absolute Gasteiger partial charge is 0.469 e. The quantitative estimate of drug-likeness (QED) is 0.784. The summed E-state index contributed by atoms with van der Waals surface area (Å²) in [6.07, 6.45) is -4.07. The van der Waals surface area contributed by atoms with Gasteiger partial charge in [0.15, 0.2) is 0 Å². The Kier molecular flexibility index (Phi) is 2.83. The zero-order valence-electron chi connectivity index (χ0n) is 10.7. The predicted molar refractivity (Wildman–Crippen MR) is 63.0 cm³/mol. The van der Waals surface area contributed by atoms with E-state index in [9.17, 15) is 18.0 Å². The summed E-state index contributed by atoms with van der Waals surface area (Å²) in [5.41, 5.74) is -0.876. The van der Waals surface area contributed by atoms with E-state index in [0.29, 0.717) is 12.0 Å². The zero-order chi connectivity index (χ0) is 14.5.